The summed E-state index contributed by atoms with van der Waals surface area (Å²) in [6.07, 6.45) is 3.50. The molecule has 1 unspecified atom stereocenters. The molecule has 0 aromatic carbocycles. The van der Waals surface area contributed by atoms with E-state index in [4.69, 9.17) is 0 Å². The fourth-order valence-electron chi connectivity index (χ4n) is 2.82. The Hall–Kier alpha value is -1.43. The molecule has 2 aliphatic heterocycles. The first kappa shape index (κ1) is 15.0. The molecular formula is C14H23N3O3. The molecule has 0 aromatic rings. The zero-order valence-electron chi connectivity index (χ0n) is 12.2. The number of piperidine rings is 1. The third kappa shape index (κ3) is 3.17. The zero-order valence-corrected chi connectivity index (χ0v) is 12.2. The normalized spacial score (nSPS) is 26.3. The summed E-state index contributed by atoms with van der Waals surface area (Å²) < 4.78 is 0. The van der Waals surface area contributed by atoms with E-state index in [2.05, 4.69) is 10.6 Å². The van der Waals surface area contributed by atoms with E-state index in [1.807, 2.05) is 0 Å². The zero-order chi connectivity index (χ0) is 14.8. The fourth-order valence-corrected chi connectivity index (χ4v) is 2.82. The number of amides is 3. The third-order valence-corrected chi connectivity index (χ3v) is 4.25. The molecule has 0 radical (unpaired) electrons. The second-order valence-corrected chi connectivity index (χ2v) is 6.17. The molecule has 112 valence electrons. The highest BCUT2D eigenvalue weighted by Gasteiger charge is 2.43. The summed E-state index contributed by atoms with van der Waals surface area (Å²) in [5.41, 5.74) is -0.949. The molecule has 2 rings (SSSR count). The van der Waals surface area contributed by atoms with E-state index in [9.17, 15) is 14.4 Å². The lowest BCUT2D eigenvalue weighted by molar-refractivity contribution is -0.155. The van der Waals surface area contributed by atoms with Gasteiger partial charge in [-0.2, -0.15) is 0 Å². The van der Waals surface area contributed by atoms with E-state index < -0.39 is 17.4 Å². The molecule has 2 heterocycles. The Morgan fingerprint density at radius 3 is 2.80 bits per heavy atom. The Balaban J connectivity index is 1.92. The smallest absolute Gasteiger partial charge is 0.252 e. The molecule has 1 atom stereocenters. The average Bonchev–Trinajstić information content (AvgIpc) is 2.41. The molecule has 2 N–H and O–H groups in total. The van der Waals surface area contributed by atoms with Gasteiger partial charge in [0.2, 0.25) is 11.8 Å². The van der Waals surface area contributed by atoms with Crippen LogP contribution in [0.25, 0.3) is 0 Å². The van der Waals surface area contributed by atoms with Crippen molar-refractivity contribution in [3.63, 3.8) is 0 Å². The minimum Gasteiger partial charge on any atom is -0.319 e. The van der Waals surface area contributed by atoms with Gasteiger partial charge in [-0.3, -0.25) is 19.7 Å². The summed E-state index contributed by atoms with van der Waals surface area (Å²) in [6, 6.07) is 0. The molecule has 6 nitrogen and oxygen atoms in total. The van der Waals surface area contributed by atoms with Gasteiger partial charge in [-0.05, 0) is 52.1 Å². The molecule has 20 heavy (non-hydrogen) atoms. The van der Waals surface area contributed by atoms with E-state index in [1.54, 1.807) is 13.8 Å². The van der Waals surface area contributed by atoms with Gasteiger partial charge >= 0.3 is 0 Å². The quantitative estimate of drug-likeness (QED) is 0.715. The van der Waals surface area contributed by atoms with Gasteiger partial charge in [0.05, 0.1) is 0 Å². The van der Waals surface area contributed by atoms with Crippen LogP contribution in [0.3, 0.4) is 0 Å². The monoisotopic (exact) mass is 281 g/mol. The van der Waals surface area contributed by atoms with E-state index in [-0.39, 0.29) is 12.5 Å². The number of carbonyl (C=O) groups excluding carboxylic acids is 3. The van der Waals surface area contributed by atoms with Crippen LogP contribution in [0, 0.1) is 5.92 Å². The van der Waals surface area contributed by atoms with Gasteiger partial charge in [-0.25, -0.2) is 0 Å². The Kier molecular flexibility index (Phi) is 4.42. The van der Waals surface area contributed by atoms with Crippen LogP contribution >= 0.6 is 0 Å². The molecule has 0 aromatic heterocycles. The summed E-state index contributed by atoms with van der Waals surface area (Å²) >= 11 is 0. The van der Waals surface area contributed by atoms with Crippen LogP contribution in [0.15, 0.2) is 0 Å². The van der Waals surface area contributed by atoms with E-state index >= 15 is 0 Å². The van der Waals surface area contributed by atoms with Crippen molar-refractivity contribution >= 4 is 17.7 Å². The van der Waals surface area contributed by atoms with Crippen LogP contribution in [-0.2, 0) is 14.4 Å². The van der Waals surface area contributed by atoms with Crippen LogP contribution in [0.4, 0.5) is 0 Å². The molecule has 0 bridgehead atoms. The number of nitrogens with zero attached hydrogens (tertiary/aromatic N) is 1. The molecule has 0 spiro atoms. The molecular weight excluding hydrogens is 258 g/mol. The van der Waals surface area contributed by atoms with Crippen molar-refractivity contribution in [2.45, 2.75) is 45.1 Å². The van der Waals surface area contributed by atoms with E-state index in [0.717, 1.165) is 32.4 Å². The molecule has 2 fully saturated rings. The molecule has 6 heteroatoms. The number of nitrogens with one attached hydrogen (secondary N) is 2. The molecule has 2 aliphatic rings. The maximum absolute atomic E-state index is 12.3. The SMILES string of the molecule is CC1(C)C(=O)NC(=O)CN1C(=O)CCC1CCCNC1. The lowest BCUT2D eigenvalue weighted by Crippen LogP contribution is -2.65. The lowest BCUT2D eigenvalue weighted by atomic mass is 9.93. The van der Waals surface area contributed by atoms with Crippen molar-refractivity contribution < 1.29 is 14.4 Å². The van der Waals surface area contributed by atoms with Gasteiger partial charge in [0.25, 0.3) is 5.91 Å². The van der Waals surface area contributed by atoms with Crippen LogP contribution in [0.1, 0.15) is 39.5 Å². The Morgan fingerprint density at radius 1 is 1.40 bits per heavy atom. The molecule has 0 saturated carbocycles. The molecule has 0 aliphatic carbocycles. The number of piperazine rings is 1. The average molecular weight is 281 g/mol. The minimum atomic E-state index is -0.949. The number of hydrogen-bond donors (Lipinski definition) is 2. The molecule has 2 saturated heterocycles. The predicted octanol–water partition coefficient (Wildman–Crippen LogP) is 0.0298. The van der Waals surface area contributed by atoms with Crippen LogP contribution in [-0.4, -0.2) is 47.8 Å². The van der Waals surface area contributed by atoms with Crippen LogP contribution in [0.2, 0.25) is 0 Å². The second kappa shape index (κ2) is 5.91. The number of carbonyl (C=O) groups is 3. The Labute approximate surface area is 119 Å². The highest BCUT2D eigenvalue weighted by molar-refractivity contribution is 6.06. The lowest BCUT2D eigenvalue weighted by Gasteiger charge is -2.40. The highest BCUT2D eigenvalue weighted by atomic mass is 16.2. The first-order valence-electron chi connectivity index (χ1n) is 7.26. The van der Waals surface area contributed by atoms with Crippen molar-refractivity contribution in [2.75, 3.05) is 19.6 Å². The minimum absolute atomic E-state index is 0.0273. The summed E-state index contributed by atoms with van der Waals surface area (Å²) in [5, 5.41) is 5.60. The van der Waals surface area contributed by atoms with Gasteiger partial charge in [0.1, 0.15) is 12.1 Å². The van der Waals surface area contributed by atoms with Crippen molar-refractivity contribution in [3.05, 3.63) is 0 Å². The topological polar surface area (TPSA) is 78.5 Å². The van der Waals surface area contributed by atoms with Crippen molar-refractivity contribution in [1.29, 1.82) is 0 Å². The van der Waals surface area contributed by atoms with Crippen LogP contribution < -0.4 is 10.6 Å². The van der Waals surface area contributed by atoms with Crippen LogP contribution in [0.5, 0.6) is 0 Å². The summed E-state index contributed by atoms with van der Waals surface area (Å²) in [6.45, 7) is 5.33. The summed E-state index contributed by atoms with van der Waals surface area (Å²) in [4.78, 5) is 37.0. The summed E-state index contributed by atoms with van der Waals surface area (Å²) in [5.74, 6) is -0.391. The second-order valence-electron chi connectivity index (χ2n) is 6.17. The van der Waals surface area contributed by atoms with Gasteiger partial charge in [0, 0.05) is 6.42 Å². The fraction of sp³-hybridized carbons (Fsp3) is 0.786. The maximum Gasteiger partial charge on any atom is 0.252 e. The van der Waals surface area contributed by atoms with Crippen molar-refractivity contribution in [3.8, 4) is 0 Å². The van der Waals surface area contributed by atoms with E-state index in [1.165, 1.54) is 4.90 Å². The van der Waals surface area contributed by atoms with Gasteiger partial charge in [-0.1, -0.05) is 0 Å². The summed E-state index contributed by atoms with van der Waals surface area (Å²) in [7, 11) is 0. The third-order valence-electron chi connectivity index (χ3n) is 4.25. The Morgan fingerprint density at radius 2 is 2.15 bits per heavy atom. The molecule has 3 amide bonds. The van der Waals surface area contributed by atoms with Gasteiger partial charge in [0.15, 0.2) is 0 Å². The number of rotatable bonds is 3. The first-order chi connectivity index (χ1) is 9.41. The Bertz CT molecular complexity index is 414. The van der Waals surface area contributed by atoms with E-state index in [0.29, 0.717) is 12.3 Å². The standard InChI is InChI=1S/C14H23N3O3/c1-14(2)13(20)16-11(18)9-17(14)12(19)6-5-10-4-3-7-15-8-10/h10,15H,3-9H2,1-2H3,(H,16,18,20). The largest absolute Gasteiger partial charge is 0.319 e. The van der Waals surface area contributed by atoms with Gasteiger partial charge in [-0.15, -0.1) is 0 Å². The van der Waals surface area contributed by atoms with Crippen molar-refractivity contribution in [1.82, 2.24) is 15.5 Å². The highest BCUT2D eigenvalue weighted by Crippen LogP contribution is 2.22. The van der Waals surface area contributed by atoms with Gasteiger partial charge < -0.3 is 10.2 Å². The number of hydrogen-bond acceptors (Lipinski definition) is 4. The number of imide groups is 1. The van der Waals surface area contributed by atoms with Crippen molar-refractivity contribution in [2.24, 2.45) is 5.92 Å². The predicted molar refractivity (Wildman–Crippen MR) is 73.8 cm³/mol. The first-order valence-corrected chi connectivity index (χ1v) is 7.26. The maximum atomic E-state index is 12.3.